The highest BCUT2D eigenvalue weighted by Gasteiger charge is 2.69. The molecule has 262 valence electrons. The van der Waals surface area contributed by atoms with Gasteiger partial charge in [-0.2, -0.15) is 0 Å². The Labute approximate surface area is 297 Å². The van der Waals surface area contributed by atoms with Gasteiger partial charge in [-0.05, 0) is 146 Å². The minimum atomic E-state index is -0.187. The van der Waals surface area contributed by atoms with Crippen molar-refractivity contribution in [3.8, 4) is 11.5 Å². The third kappa shape index (κ3) is 4.18. The molecule has 9 atom stereocenters. The summed E-state index contributed by atoms with van der Waals surface area (Å²) in [6.07, 6.45) is 11.9. The number of hydrogen-bond donors (Lipinski definition) is 0. The van der Waals surface area contributed by atoms with Crippen molar-refractivity contribution in [1.82, 2.24) is 15.2 Å². The smallest absolute Gasteiger partial charge is 0.247 e. The molecule has 3 saturated carbocycles. The lowest BCUT2D eigenvalue weighted by Gasteiger charge is -2.71. The Morgan fingerprint density at radius 3 is 2.40 bits per heavy atom. The zero-order chi connectivity index (χ0) is 35.0. The fourth-order valence-electron chi connectivity index (χ4n) is 13.4. The summed E-state index contributed by atoms with van der Waals surface area (Å²) < 4.78 is 21.1. The van der Waals surface area contributed by atoms with Crippen LogP contribution in [0, 0.1) is 58.6 Å². The second-order valence-electron chi connectivity index (χ2n) is 18.8. The number of rotatable bonds is 2. The summed E-state index contributed by atoms with van der Waals surface area (Å²) in [5.41, 5.74) is 7.60. The maximum atomic E-state index is 14.4. The van der Waals surface area contributed by atoms with E-state index in [4.69, 9.17) is 14.5 Å². The van der Waals surface area contributed by atoms with Crippen LogP contribution in [0.1, 0.15) is 116 Å². The molecular weight excluding hydrogens is 618 g/mol. The molecule has 0 spiro atoms. The number of fused-ring (bicyclic) bond motifs is 9. The van der Waals surface area contributed by atoms with Crippen LogP contribution in [0.4, 0.5) is 4.39 Å². The Balaban J connectivity index is 1.13. The monoisotopic (exact) mass is 671 g/mol. The van der Waals surface area contributed by atoms with E-state index in [1.54, 1.807) is 17.7 Å². The Morgan fingerprint density at radius 1 is 0.840 bits per heavy atom. The van der Waals surface area contributed by atoms with Crippen molar-refractivity contribution in [2.75, 3.05) is 0 Å². The Bertz CT molecular complexity index is 2040. The predicted molar refractivity (Wildman–Crippen MR) is 198 cm³/mol. The number of aromatic nitrogens is 3. The highest BCUT2D eigenvalue weighted by Crippen LogP contribution is 2.75. The van der Waals surface area contributed by atoms with Gasteiger partial charge in [-0.1, -0.05) is 77.8 Å². The molecule has 2 heterocycles. The first-order chi connectivity index (χ1) is 23.7. The van der Waals surface area contributed by atoms with Crippen molar-refractivity contribution in [1.29, 1.82) is 0 Å². The molecule has 2 aromatic carbocycles. The largest absolute Gasteiger partial charge is 0.420 e. The third-order valence-corrected chi connectivity index (χ3v) is 16.3. The molecule has 0 aliphatic heterocycles. The van der Waals surface area contributed by atoms with E-state index >= 15 is 0 Å². The van der Waals surface area contributed by atoms with E-state index in [1.807, 2.05) is 6.07 Å². The molecule has 0 N–H and O–H groups in total. The maximum Gasteiger partial charge on any atom is 0.247 e. The molecule has 0 radical (unpaired) electrons. The standard InChI is InChI=1S/C45H54FN3O/c1-26-9-11-29(12-10-26)39-48-49-40(50-39)45-20-17-27(2)28(3)37(45)33-14-16-36-42(6)25-31-23-30-24-32(46)13-15-34(30)47-38(31)41(4,5)35(42)18-19-44(36,8)43(33,7)21-22-45/h9-15,23-24,27-28,35-37H,16-22,25H2,1-8H3/t27-,28+,35+,36-,37+,42+,43-,44-,45+/m1/s1. The zero-order valence-electron chi connectivity index (χ0n) is 31.4. The van der Waals surface area contributed by atoms with Crippen LogP contribution < -0.4 is 0 Å². The van der Waals surface area contributed by atoms with Crippen LogP contribution in [-0.2, 0) is 17.3 Å². The van der Waals surface area contributed by atoms with E-state index in [2.05, 4.69) is 96.9 Å². The average molecular weight is 672 g/mol. The molecule has 0 saturated heterocycles. The molecule has 0 bridgehead atoms. The predicted octanol–water partition coefficient (Wildman–Crippen LogP) is 11.4. The van der Waals surface area contributed by atoms with Crippen LogP contribution in [0.25, 0.3) is 22.4 Å². The highest BCUT2D eigenvalue weighted by molar-refractivity contribution is 5.80. The summed E-state index contributed by atoms with van der Waals surface area (Å²) >= 11 is 0. The summed E-state index contributed by atoms with van der Waals surface area (Å²) in [7, 11) is 0. The van der Waals surface area contributed by atoms with Crippen molar-refractivity contribution in [3.05, 3.63) is 88.7 Å². The van der Waals surface area contributed by atoms with Gasteiger partial charge in [-0.3, -0.25) is 4.98 Å². The minimum absolute atomic E-state index is 0.0563. The number of nitrogens with zero attached hydrogens (tertiary/aromatic N) is 3. The Hall–Kier alpha value is -3.34. The zero-order valence-corrected chi connectivity index (χ0v) is 31.4. The van der Waals surface area contributed by atoms with Crippen molar-refractivity contribution in [3.63, 3.8) is 0 Å². The van der Waals surface area contributed by atoms with Gasteiger partial charge in [0, 0.05) is 16.4 Å². The number of halogens is 1. The van der Waals surface area contributed by atoms with E-state index in [0.29, 0.717) is 35.5 Å². The van der Waals surface area contributed by atoms with E-state index in [0.717, 1.165) is 54.5 Å². The fraction of sp³-hybridized carbons (Fsp3) is 0.578. The second kappa shape index (κ2) is 10.6. The molecule has 4 nitrogen and oxygen atoms in total. The first kappa shape index (κ1) is 32.6. The lowest BCUT2D eigenvalue weighted by Crippen LogP contribution is -2.65. The van der Waals surface area contributed by atoms with Crippen LogP contribution >= 0.6 is 0 Å². The molecule has 0 unspecified atom stereocenters. The highest BCUT2D eigenvalue weighted by atomic mass is 19.1. The quantitative estimate of drug-likeness (QED) is 0.199. The molecule has 3 fully saturated rings. The van der Waals surface area contributed by atoms with Crippen LogP contribution in [0.3, 0.4) is 0 Å². The summed E-state index contributed by atoms with van der Waals surface area (Å²) in [6, 6.07) is 15.8. The molecule has 5 aliphatic rings. The first-order valence-corrected chi connectivity index (χ1v) is 19.4. The van der Waals surface area contributed by atoms with Gasteiger partial charge >= 0.3 is 0 Å². The second-order valence-corrected chi connectivity index (χ2v) is 18.8. The number of benzene rings is 2. The lowest BCUT2D eigenvalue weighted by molar-refractivity contribution is -0.157. The molecule has 5 aliphatic carbocycles. The van der Waals surface area contributed by atoms with Gasteiger partial charge in [-0.25, -0.2) is 4.39 Å². The molecule has 50 heavy (non-hydrogen) atoms. The van der Waals surface area contributed by atoms with Gasteiger partial charge in [0.1, 0.15) is 5.82 Å². The van der Waals surface area contributed by atoms with E-state index in [1.165, 1.54) is 36.1 Å². The van der Waals surface area contributed by atoms with Crippen LogP contribution in [-0.4, -0.2) is 15.2 Å². The summed E-state index contributed by atoms with van der Waals surface area (Å²) in [6.45, 7) is 19.9. The Morgan fingerprint density at radius 2 is 1.62 bits per heavy atom. The summed E-state index contributed by atoms with van der Waals surface area (Å²) in [5, 5.41) is 10.5. The lowest BCUT2D eigenvalue weighted by atomic mass is 9.33. The van der Waals surface area contributed by atoms with E-state index in [-0.39, 0.29) is 32.9 Å². The van der Waals surface area contributed by atoms with E-state index in [9.17, 15) is 4.39 Å². The fourth-order valence-corrected chi connectivity index (χ4v) is 13.4. The van der Waals surface area contributed by atoms with Gasteiger partial charge in [0.15, 0.2) is 0 Å². The normalized spacial score (nSPS) is 38.7. The molecule has 4 aromatic rings. The van der Waals surface area contributed by atoms with Gasteiger partial charge in [0.2, 0.25) is 11.8 Å². The molecule has 5 heteroatoms. The first-order valence-electron chi connectivity index (χ1n) is 19.4. The van der Waals surface area contributed by atoms with Gasteiger partial charge in [0.05, 0.1) is 16.6 Å². The topological polar surface area (TPSA) is 51.8 Å². The van der Waals surface area contributed by atoms with Crippen molar-refractivity contribution < 1.29 is 8.81 Å². The minimum Gasteiger partial charge on any atom is -0.420 e. The van der Waals surface area contributed by atoms with Gasteiger partial charge in [0.25, 0.3) is 0 Å². The number of allylic oxidation sites excluding steroid dienone is 2. The van der Waals surface area contributed by atoms with Crippen LogP contribution in [0.2, 0.25) is 0 Å². The molecule has 2 aromatic heterocycles. The summed E-state index contributed by atoms with van der Waals surface area (Å²) in [4.78, 5) is 5.26. The van der Waals surface area contributed by atoms with Crippen molar-refractivity contribution in [2.45, 2.75) is 118 Å². The number of hydrogen-bond acceptors (Lipinski definition) is 4. The molecule has 9 rings (SSSR count). The Kier molecular flexibility index (Phi) is 6.91. The molecular formula is C45H54FN3O. The van der Waals surface area contributed by atoms with Crippen LogP contribution in [0.5, 0.6) is 0 Å². The number of pyridine rings is 1. The van der Waals surface area contributed by atoms with Gasteiger partial charge in [-0.15, -0.1) is 10.2 Å². The SMILES string of the molecule is Cc1ccc(-c2nnc([C@]34CC[C@@H](C)[C@H](C)[C@H]3C3=CC[C@@H]5[C@@]6(C)Cc7cc8cc(F)ccc8nc7C(C)(C)[C@@H]6CC[C@@]5(C)[C@]3(C)CC4)o2)cc1. The van der Waals surface area contributed by atoms with Crippen molar-refractivity contribution in [2.24, 2.45) is 45.8 Å². The van der Waals surface area contributed by atoms with Gasteiger partial charge < -0.3 is 4.42 Å². The third-order valence-electron chi connectivity index (χ3n) is 16.3. The number of aryl methyl sites for hydroxylation is 1. The van der Waals surface area contributed by atoms with Crippen molar-refractivity contribution >= 4 is 10.9 Å². The van der Waals surface area contributed by atoms with E-state index < -0.39 is 0 Å². The average Bonchev–Trinajstić information content (AvgIpc) is 3.57. The van der Waals surface area contributed by atoms with Crippen LogP contribution in [0.15, 0.2) is 64.6 Å². The molecule has 0 amide bonds. The summed E-state index contributed by atoms with van der Waals surface area (Å²) in [5.74, 6) is 4.01. The maximum absolute atomic E-state index is 14.4.